The molecule has 1 amide bonds. The van der Waals surface area contributed by atoms with Crippen LogP contribution in [0.3, 0.4) is 0 Å². The Hall–Kier alpha value is -1.65. The molecule has 1 atom stereocenters. The summed E-state index contributed by atoms with van der Waals surface area (Å²) in [6, 6.07) is 0. The number of carbonyl (C=O) groups excluding carboxylic acids is 1. The van der Waals surface area contributed by atoms with E-state index in [2.05, 4.69) is 10.5 Å². The van der Waals surface area contributed by atoms with Gasteiger partial charge in [0.25, 0.3) is 5.91 Å². The van der Waals surface area contributed by atoms with Crippen LogP contribution in [0.2, 0.25) is 0 Å². The van der Waals surface area contributed by atoms with Crippen molar-refractivity contribution in [1.29, 1.82) is 0 Å². The second-order valence-electron chi connectivity index (χ2n) is 5.05. The van der Waals surface area contributed by atoms with Gasteiger partial charge in [-0.1, -0.05) is 13.0 Å². The molecule has 0 radical (unpaired) electrons. The van der Waals surface area contributed by atoms with Crippen LogP contribution in [0.1, 0.15) is 27.2 Å². The maximum absolute atomic E-state index is 13.9. The Labute approximate surface area is 98.9 Å². The highest BCUT2D eigenvalue weighted by Crippen LogP contribution is 2.36. The van der Waals surface area contributed by atoms with E-state index >= 15 is 0 Å². The molecule has 0 fully saturated rings. The normalized spacial score (nSPS) is 27.8. The van der Waals surface area contributed by atoms with Crippen LogP contribution in [0.5, 0.6) is 0 Å². The minimum atomic E-state index is -0.874. The highest BCUT2D eigenvalue weighted by Gasteiger charge is 2.42. The van der Waals surface area contributed by atoms with E-state index in [-0.39, 0.29) is 29.6 Å². The van der Waals surface area contributed by atoms with Crippen molar-refractivity contribution in [2.75, 3.05) is 0 Å². The summed E-state index contributed by atoms with van der Waals surface area (Å²) in [6.45, 7) is 5.23. The fourth-order valence-corrected chi connectivity index (χ4v) is 2.04. The van der Waals surface area contributed by atoms with Crippen molar-refractivity contribution in [3.05, 3.63) is 23.2 Å². The van der Waals surface area contributed by atoms with Crippen molar-refractivity contribution in [2.45, 2.75) is 27.2 Å². The molecule has 2 rings (SSSR count). The molecule has 92 valence electrons. The molecule has 1 aliphatic heterocycles. The standard InChI is InChI=1S/C12H15FN2O2/c1-6-4-7(9(13)8(16)5-6)10-12(2,3)11(17)15-14-10/h4,6,16H,5H2,1-3H3,(H,15,17). The third kappa shape index (κ3) is 1.75. The van der Waals surface area contributed by atoms with Crippen LogP contribution in [0.25, 0.3) is 0 Å². The molecule has 4 nitrogen and oxygen atoms in total. The van der Waals surface area contributed by atoms with Crippen molar-refractivity contribution >= 4 is 11.6 Å². The molecular weight excluding hydrogens is 223 g/mol. The van der Waals surface area contributed by atoms with E-state index in [1.54, 1.807) is 19.9 Å². The van der Waals surface area contributed by atoms with Crippen molar-refractivity contribution in [3.8, 4) is 0 Å². The summed E-state index contributed by atoms with van der Waals surface area (Å²) in [6.07, 6.45) is 1.99. The van der Waals surface area contributed by atoms with Gasteiger partial charge < -0.3 is 5.11 Å². The number of aliphatic hydroxyl groups is 1. The Balaban J connectivity index is 2.45. The highest BCUT2D eigenvalue weighted by atomic mass is 19.1. The number of hydrogen-bond donors (Lipinski definition) is 2. The number of halogens is 1. The van der Waals surface area contributed by atoms with Gasteiger partial charge in [-0.3, -0.25) is 4.79 Å². The van der Waals surface area contributed by atoms with E-state index < -0.39 is 11.2 Å². The van der Waals surface area contributed by atoms with E-state index in [9.17, 15) is 14.3 Å². The fourth-order valence-electron chi connectivity index (χ4n) is 2.04. The summed E-state index contributed by atoms with van der Waals surface area (Å²) in [4.78, 5) is 11.6. The van der Waals surface area contributed by atoms with Crippen LogP contribution in [0, 0.1) is 11.3 Å². The molecule has 1 heterocycles. The van der Waals surface area contributed by atoms with Crippen LogP contribution in [-0.4, -0.2) is 16.7 Å². The van der Waals surface area contributed by atoms with Crippen LogP contribution in [-0.2, 0) is 4.79 Å². The van der Waals surface area contributed by atoms with Crippen LogP contribution < -0.4 is 5.43 Å². The third-order valence-corrected chi connectivity index (χ3v) is 3.14. The molecule has 17 heavy (non-hydrogen) atoms. The Morgan fingerprint density at radius 1 is 1.59 bits per heavy atom. The minimum absolute atomic E-state index is 0.0266. The Morgan fingerprint density at radius 2 is 2.24 bits per heavy atom. The number of nitrogens with one attached hydrogen (secondary N) is 1. The van der Waals surface area contributed by atoms with Gasteiger partial charge in [0.15, 0.2) is 5.83 Å². The maximum Gasteiger partial charge on any atom is 0.251 e. The molecule has 1 unspecified atom stereocenters. The lowest BCUT2D eigenvalue weighted by Crippen LogP contribution is -2.33. The fraction of sp³-hybridized carbons (Fsp3) is 0.500. The molecule has 2 aliphatic rings. The van der Waals surface area contributed by atoms with Crippen LogP contribution in [0.15, 0.2) is 28.3 Å². The van der Waals surface area contributed by atoms with Gasteiger partial charge in [-0.05, 0) is 19.8 Å². The number of rotatable bonds is 1. The molecule has 2 N–H and O–H groups in total. The van der Waals surface area contributed by atoms with Gasteiger partial charge in [-0.25, -0.2) is 9.82 Å². The number of nitrogens with zero attached hydrogens (tertiary/aromatic N) is 1. The number of carbonyl (C=O) groups is 1. The summed E-state index contributed by atoms with van der Waals surface area (Å²) in [5.41, 5.74) is 2.04. The number of amides is 1. The third-order valence-electron chi connectivity index (χ3n) is 3.14. The predicted molar refractivity (Wildman–Crippen MR) is 62.0 cm³/mol. The minimum Gasteiger partial charge on any atom is -0.509 e. The molecule has 0 spiro atoms. The second-order valence-corrected chi connectivity index (χ2v) is 5.05. The Bertz CT molecular complexity index is 475. The molecule has 0 saturated carbocycles. The number of hydrazone groups is 1. The molecule has 0 aromatic rings. The summed E-state index contributed by atoms with van der Waals surface area (Å²) in [5, 5.41) is 13.4. The summed E-state index contributed by atoms with van der Waals surface area (Å²) >= 11 is 0. The van der Waals surface area contributed by atoms with Gasteiger partial charge >= 0.3 is 0 Å². The molecule has 5 heteroatoms. The maximum atomic E-state index is 13.9. The van der Waals surface area contributed by atoms with Gasteiger partial charge in [0.05, 0.1) is 11.1 Å². The first-order valence-electron chi connectivity index (χ1n) is 5.53. The first-order valence-corrected chi connectivity index (χ1v) is 5.53. The van der Waals surface area contributed by atoms with Crippen molar-refractivity contribution in [2.24, 2.45) is 16.4 Å². The van der Waals surface area contributed by atoms with Gasteiger partial charge in [0, 0.05) is 12.0 Å². The van der Waals surface area contributed by atoms with Gasteiger partial charge in [0.1, 0.15) is 5.76 Å². The first kappa shape index (κ1) is 11.8. The molecule has 1 aliphatic carbocycles. The van der Waals surface area contributed by atoms with Gasteiger partial charge in [-0.2, -0.15) is 5.10 Å². The number of hydrogen-bond acceptors (Lipinski definition) is 3. The van der Waals surface area contributed by atoms with E-state index in [0.29, 0.717) is 5.71 Å². The van der Waals surface area contributed by atoms with E-state index in [1.807, 2.05) is 6.92 Å². The van der Waals surface area contributed by atoms with E-state index in [0.717, 1.165) is 0 Å². The zero-order valence-electron chi connectivity index (χ0n) is 10.0. The lowest BCUT2D eigenvalue weighted by Gasteiger charge is -2.22. The topological polar surface area (TPSA) is 61.7 Å². The highest BCUT2D eigenvalue weighted by molar-refractivity contribution is 6.20. The molecule has 0 bridgehead atoms. The Kier molecular flexibility index (Phi) is 2.56. The first-order chi connectivity index (χ1) is 7.84. The largest absolute Gasteiger partial charge is 0.509 e. The number of allylic oxidation sites excluding steroid dienone is 4. The van der Waals surface area contributed by atoms with Crippen molar-refractivity contribution in [3.63, 3.8) is 0 Å². The monoisotopic (exact) mass is 238 g/mol. The van der Waals surface area contributed by atoms with E-state index in [4.69, 9.17) is 0 Å². The average molecular weight is 238 g/mol. The SMILES string of the molecule is CC1C=C(C2=NNC(=O)C2(C)C)C(F)=C(O)C1. The van der Waals surface area contributed by atoms with Crippen LogP contribution in [0.4, 0.5) is 4.39 Å². The van der Waals surface area contributed by atoms with E-state index in [1.165, 1.54) is 0 Å². The quantitative estimate of drug-likeness (QED) is 0.735. The summed E-state index contributed by atoms with van der Waals surface area (Å²) < 4.78 is 13.9. The zero-order chi connectivity index (χ0) is 12.8. The second kappa shape index (κ2) is 3.68. The predicted octanol–water partition coefficient (Wildman–Crippen LogP) is 2.20. The molecule has 0 aromatic carbocycles. The van der Waals surface area contributed by atoms with Crippen molar-refractivity contribution in [1.82, 2.24) is 5.43 Å². The molecule has 0 aromatic heterocycles. The van der Waals surface area contributed by atoms with Crippen LogP contribution >= 0.6 is 0 Å². The zero-order valence-corrected chi connectivity index (χ0v) is 10.0. The summed E-state index contributed by atoms with van der Waals surface area (Å²) in [5.74, 6) is -1.18. The van der Waals surface area contributed by atoms with Crippen molar-refractivity contribution < 1.29 is 14.3 Å². The van der Waals surface area contributed by atoms with Gasteiger partial charge in [-0.15, -0.1) is 0 Å². The smallest absolute Gasteiger partial charge is 0.251 e. The molecular formula is C12H15FN2O2. The summed E-state index contributed by atoms with van der Waals surface area (Å²) in [7, 11) is 0. The lowest BCUT2D eigenvalue weighted by molar-refractivity contribution is -0.125. The Morgan fingerprint density at radius 3 is 2.76 bits per heavy atom. The molecule has 0 saturated heterocycles. The number of aliphatic hydroxyl groups excluding tert-OH is 1. The average Bonchev–Trinajstić information content (AvgIpc) is 2.48. The lowest BCUT2D eigenvalue weighted by atomic mass is 9.80. The van der Waals surface area contributed by atoms with Gasteiger partial charge in [0.2, 0.25) is 0 Å².